The predicted octanol–water partition coefficient (Wildman–Crippen LogP) is 3.80. The fraction of sp³-hybridized carbons (Fsp3) is 0. The van der Waals surface area contributed by atoms with Crippen molar-refractivity contribution in [3.8, 4) is 0 Å². The molecule has 0 aliphatic heterocycles. The second-order valence-corrected chi connectivity index (χ2v) is 4.78. The minimum absolute atomic E-state index is 0.198. The van der Waals surface area contributed by atoms with E-state index in [0.717, 1.165) is 11.6 Å². The Bertz CT molecular complexity index is 239. The first-order valence-electron chi connectivity index (χ1n) is 2.41. The predicted molar refractivity (Wildman–Crippen MR) is 59.5 cm³/mol. The van der Waals surface area contributed by atoms with Gasteiger partial charge in [-0.1, -0.05) is 0 Å². The summed E-state index contributed by atoms with van der Waals surface area (Å²) in [4.78, 5) is 0. The molecule has 1 aromatic carbocycles. The molecule has 54 valence electrons. The Morgan fingerprint density at radius 2 is 1.90 bits per heavy atom. The molecule has 0 nitrogen and oxygen atoms in total. The van der Waals surface area contributed by atoms with Crippen LogP contribution in [0.4, 0.5) is 4.39 Å². The van der Waals surface area contributed by atoms with Crippen LogP contribution < -0.4 is 0 Å². The zero-order valence-corrected chi connectivity index (χ0v) is 10.6. The molecule has 0 heterocycles. The van der Waals surface area contributed by atoms with E-state index in [1.54, 1.807) is 0 Å². The van der Waals surface area contributed by atoms with E-state index >= 15 is 0 Å². The molecule has 4 heteroatoms. The summed E-state index contributed by atoms with van der Waals surface area (Å²) < 4.78 is 15.4. The number of rotatable bonds is 0. The molecule has 0 aromatic heterocycles. The smallest absolute Gasteiger partial charge is 0.125 e. The Hall–Kier alpha value is 1.09. The van der Waals surface area contributed by atoms with Gasteiger partial charge in [0.2, 0.25) is 0 Å². The van der Waals surface area contributed by atoms with Gasteiger partial charge in [-0.25, -0.2) is 4.39 Å². The van der Waals surface area contributed by atoms with E-state index in [0.29, 0.717) is 0 Å². The fourth-order valence-electron chi connectivity index (χ4n) is 0.525. The summed E-state index contributed by atoms with van der Waals surface area (Å²) in [6, 6.07) is 2.97. The van der Waals surface area contributed by atoms with Crippen molar-refractivity contribution in [3.63, 3.8) is 0 Å². The average Bonchev–Trinajstić information content (AvgIpc) is 1.82. The third-order valence-corrected chi connectivity index (χ3v) is 5.36. The van der Waals surface area contributed by atoms with Crippen molar-refractivity contribution in [2.75, 3.05) is 0 Å². The van der Waals surface area contributed by atoms with Crippen LogP contribution in [0.5, 0.6) is 0 Å². The van der Waals surface area contributed by atoms with Crippen LogP contribution in [0.2, 0.25) is 0 Å². The van der Waals surface area contributed by atoms with Crippen LogP contribution in [0.25, 0.3) is 0 Å². The first-order chi connectivity index (χ1) is 4.61. The van der Waals surface area contributed by atoms with Crippen LogP contribution >= 0.6 is 61.1 Å². The normalized spacial score (nSPS) is 10.0. The SMILES string of the molecule is Fc1cc(Br)c(I)c(I)c1. The molecular formula is C6H2BrFI2. The summed E-state index contributed by atoms with van der Waals surface area (Å²) >= 11 is 7.51. The number of halogens is 4. The van der Waals surface area contributed by atoms with Gasteiger partial charge in [-0.3, -0.25) is 0 Å². The Balaban J connectivity index is 3.31. The minimum Gasteiger partial charge on any atom is -0.207 e. The third kappa shape index (κ3) is 2.04. The highest BCUT2D eigenvalue weighted by atomic mass is 127. The molecular weight excluding hydrogens is 425 g/mol. The monoisotopic (exact) mass is 426 g/mol. The molecule has 0 atom stereocenters. The quantitative estimate of drug-likeness (QED) is 0.336. The second kappa shape index (κ2) is 3.66. The molecule has 0 N–H and O–H groups in total. The van der Waals surface area contributed by atoms with Crippen LogP contribution in [-0.2, 0) is 0 Å². The summed E-state index contributed by atoms with van der Waals surface area (Å²) in [5, 5.41) is 0. The molecule has 1 aromatic rings. The van der Waals surface area contributed by atoms with Crippen molar-refractivity contribution >= 4 is 61.1 Å². The van der Waals surface area contributed by atoms with Crippen LogP contribution in [-0.4, -0.2) is 0 Å². The number of hydrogen-bond donors (Lipinski definition) is 0. The van der Waals surface area contributed by atoms with Gasteiger partial charge in [0.05, 0.1) is 0 Å². The van der Waals surface area contributed by atoms with Gasteiger partial charge in [0, 0.05) is 11.6 Å². The maximum Gasteiger partial charge on any atom is 0.125 e. The van der Waals surface area contributed by atoms with E-state index in [9.17, 15) is 4.39 Å². The molecule has 0 amide bonds. The highest BCUT2D eigenvalue weighted by Gasteiger charge is 2.02. The lowest BCUT2D eigenvalue weighted by molar-refractivity contribution is 0.625. The number of hydrogen-bond acceptors (Lipinski definition) is 0. The average molecular weight is 427 g/mol. The van der Waals surface area contributed by atoms with Gasteiger partial charge >= 0.3 is 0 Å². The lowest BCUT2D eigenvalue weighted by Gasteiger charge is -1.98. The molecule has 0 aliphatic rings. The van der Waals surface area contributed by atoms with Crippen molar-refractivity contribution in [2.45, 2.75) is 0 Å². The lowest BCUT2D eigenvalue weighted by Crippen LogP contribution is -1.83. The molecule has 0 saturated heterocycles. The van der Waals surface area contributed by atoms with Crippen molar-refractivity contribution in [2.24, 2.45) is 0 Å². The largest absolute Gasteiger partial charge is 0.207 e. The highest BCUT2D eigenvalue weighted by molar-refractivity contribution is 14.1. The van der Waals surface area contributed by atoms with E-state index in [-0.39, 0.29) is 5.82 Å². The Labute approximate surface area is 94.0 Å². The summed E-state index contributed by atoms with van der Waals surface area (Å²) in [7, 11) is 0. The second-order valence-electron chi connectivity index (χ2n) is 1.68. The molecule has 10 heavy (non-hydrogen) atoms. The summed E-state index contributed by atoms with van der Waals surface area (Å²) in [6.45, 7) is 0. The molecule has 0 bridgehead atoms. The Morgan fingerprint density at radius 1 is 1.30 bits per heavy atom. The third-order valence-electron chi connectivity index (χ3n) is 0.949. The molecule has 0 aliphatic carbocycles. The first-order valence-corrected chi connectivity index (χ1v) is 5.36. The van der Waals surface area contributed by atoms with E-state index in [2.05, 4.69) is 61.1 Å². The highest BCUT2D eigenvalue weighted by Crippen LogP contribution is 2.25. The maximum absolute atomic E-state index is 12.6. The zero-order chi connectivity index (χ0) is 7.72. The van der Waals surface area contributed by atoms with Crippen molar-refractivity contribution < 1.29 is 4.39 Å². The fourth-order valence-corrected chi connectivity index (χ4v) is 2.23. The lowest BCUT2D eigenvalue weighted by atomic mass is 10.4. The van der Waals surface area contributed by atoms with Gasteiger partial charge in [0.15, 0.2) is 0 Å². The van der Waals surface area contributed by atoms with Gasteiger partial charge in [-0.15, -0.1) is 0 Å². The van der Waals surface area contributed by atoms with Gasteiger partial charge in [0.1, 0.15) is 5.82 Å². The van der Waals surface area contributed by atoms with Gasteiger partial charge in [0.25, 0.3) is 0 Å². The van der Waals surface area contributed by atoms with E-state index in [1.165, 1.54) is 12.1 Å². The summed E-state index contributed by atoms with van der Waals surface area (Å²) in [6.07, 6.45) is 0. The van der Waals surface area contributed by atoms with Crippen LogP contribution in [0.1, 0.15) is 0 Å². The van der Waals surface area contributed by atoms with Gasteiger partial charge in [-0.05, 0) is 73.2 Å². The summed E-state index contributed by atoms with van der Waals surface area (Å²) in [5.74, 6) is -0.198. The zero-order valence-electron chi connectivity index (χ0n) is 4.67. The molecule has 1 rings (SSSR count). The molecule has 0 unspecified atom stereocenters. The van der Waals surface area contributed by atoms with Crippen molar-refractivity contribution in [1.29, 1.82) is 0 Å². The van der Waals surface area contributed by atoms with E-state index in [4.69, 9.17) is 0 Å². The standard InChI is InChI=1S/C6H2BrFI2/c7-4-1-3(8)2-5(9)6(4)10/h1-2H. The number of benzene rings is 1. The topological polar surface area (TPSA) is 0 Å². The van der Waals surface area contributed by atoms with Gasteiger partial charge < -0.3 is 0 Å². The Kier molecular flexibility index (Phi) is 3.36. The summed E-state index contributed by atoms with van der Waals surface area (Å²) in [5.41, 5.74) is 0. The van der Waals surface area contributed by atoms with E-state index < -0.39 is 0 Å². The van der Waals surface area contributed by atoms with Crippen molar-refractivity contribution in [1.82, 2.24) is 0 Å². The molecule has 0 saturated carbocycles. The maximum atomic E-state index is 12.6. The van der Waals surface area contributed by atoms with E-state index in [1.807, 2.05) is 0 Å². The van der Waals surface area contributed by atoms with Crippen LogP contribution in [0, 0.1) is 13.0 Å². The molecule has 0 spiro atoms. The van der Waals surface area contributed by atoms with Crippen LogP contribution in [0.15, 0.2) is 16.6 Å². The van der Waals surface area contributed by atoms with Crippen LogP contribution in [0.3, 0.4) is 0 Å². The molecule has 0 radical (unpaired) electrons. The minimum atomic E-state index is -0.198. The first kappa shape index (κ1) is 9.18. The van der Waals surface area contributed by atoms with Gasteiger partial charge in [-0.2, -0.15) is 0 Å². The molecule has 0 fully saturated rings. The van der Waals surface area contributed by atoms with Crippen molar-refractivity contribution in [3.05, 3.63) is 29.6 Å². The Morgan fingerprint density at radius 3 is 2.40 bits per heavy atom.